The number of aliphatic hydroxyl groups is 1. The van der Waals surface area contributed by atoms with E-state index in [-0.39, 0.29) is 42.7 Å². The highest BCUT2D eigenvalue weighted by atomic mass is 127. The lowest BCUT2D eigenvalue weighted by Gasteiger charge is -2.37. The number of aromatic nitrogens is 2. The van der Waals surface area contributed by atoms with Crippen molar-refractivity contribution in [3.63, 3.8) is 0 Å². The van der Waals surface area contributed by atoms with Crippen LogP contribution in [0.2, 0.25) is 0 Å². The second-order valence-corrected chi connectivity index (χ2v) is 9.08. The molecule has 1 fully saturated rings. The maximum absolute atomic E-state index is 12.6. The van der Waals surface area contributed by atoms with E-state index in [1.807, 2.05) is 39.6 Å². The van der Waals surface area contributed by atoms with Crippen molar-refractivity contribution < 1.29 is 14.6 Å². The lowest BCUT2D eigenvalue weighted by molar-refractivity contribution is 0.0104. The molecule has 3 N–H and O–H groups in total. The Morgan fingerprint density at radius 2 is 2.03 bits per heavy atom. The molecule has 2 rings (SSSR count). The summed E-state index contributed by atoms with van der Waals surface area (Å²) >= 11 is 0. The average molecular weight is 550 g/mol. The molecule has 1 amide bonds. The average Bonchev–Trinajstić information content (AvgIpc) is 3.10. The number of nitrogens with zero attached hydrogens (tertiary/aromatic N) is 4. The number of nitrogens with one attached hydrogen (secondary N) is 2. The summed E-state index contributed by atoms with van der Waals surface area (Å²) in [5.74, 6) is 0.608. The van der Waals surface area contributed by atoms with Gasteiger partial charge in [0.15, 0.2) is 5.96 Å². The number of amides is 1. The van der Waals surface area contributed by atoms with Crippen LogP contribution in [0, 0.1) is 0 Å². The van der Waals surface area contributed by atoms with Crippen molar-refractivity contribution in [2.24, 2.45) is 12.0 Å². The zero-order chi connectivity index (χ0) is 22.4. The van der Waals surface area contributed by atoms with Crippen LogP contribution in [0.5, 0.6) is 0 Å². The molecule has 2 unspecified atom stereocenters. The number of piperidine rings is 1. The van der Waals surface area contributed by atoms with E-state index in [1.165, 1.54) is 0 Å². The van der Waals surface area contributed by atoms with E-state index < -0.39 is 11.2 Å². The molecule has 0 aliphatic carbocycles. The third-order valence-corrected chi connectivity index (χ3v) is 4.98. The van der Waals surface area contributed by atoms with Gasteiger partial charge in [0.05, 0.1) is 18.8 Å². The molecule has 0 saturated carbocycles. The van der Waals surface area contributed by atoms with Gasteiger partial charge < -0.3 is 25.4 Å². The number of aliphatic imine (C=N–C) groups is 1. The van der Waals surface area contributed by atoms with Crippen LogP contribution < -0.4 is 10.6 Å². The minimum atomic E-state index is -1.12. The van der Waals surface area contributed by atoms with Gasteiger partial charge in [0, 0.05) is 38.4 Å². The van der Waals surface area contributed by atoms with Gasteiger partial charge in [-0.3, -0.25) is 4.68 Å². The predicted molar refractivity (Wildman–Crippen MR) is 133 cm³/mol. The number of likely N-dealkylation sites (tertiary alicyclic amines) is 1. The summed E-state index contributed by atoms with van der Waals surface area (Å²) < 4.78 is 7.24. The highest BCUT2D eigenvalue weighted by Gasteiger charge is 2.30. The van der Waals surface area contributed by atoms with Crippen molar-refractivity contribution in [1.82, 2.24) is 25.3 Å². The van der Waals surface area contributed by atoms with Gasteiger partial charge in [-0.1, -0.05) is 0 Å². The van der Waals surface area contributed by atoms with Gasteiger partial charge in [-0.2, -0.15) is 5.10 Å². The number of ether oxygens (including phenoxy) is 1. The second-order valence-electron chi connectivity index (χ2n) is 9.08. The molecule has 2 heterocycles. The number of hydrogen-bond acceptors (Lipinski definition) is 5. The maximum atomic E-state index is 12.6. The molecule has 0 radical (unpaired) electrons. The molecule has 1 aliphatic heterocycles. The summed E-state index contributed by atoms with van der Waals surface area (Å²) in [5.41, 5.74) is -0.918. The van der Waals surface area contributed by atoms with Crippen molar-refractivity contribution in [1.29, 1.82) is 0 Å². The van der Waals surface area contributed by atoms with Gasteiger partial charge in [0.1, 0.15) is 11.2 Å². The lowest BCUT2D eigenvalue weighted by atomic mass is 10.0. The van der Waals surface area contributed by atoms with Gasteiger partial charge in [-0.15, -0.1) is 24.0 Å². The number of guanidine groups is 1. The Labute approximate surface area is 203 Å². The van der Waals surface area contributed by atoms with Crippen LogP contribution >= 0.6 is 24.0 Å². The fraction of sp³-hybridized carbons (Fsp3) is 0.762. The molecule has 1 aliphatic rings. The molecule has 0 spiro atoms. The number of halogens is 1. The zero-order valence-electron chi connectivity index (χ0n) is 19.6. The Hall–Kier alpha value is -1.56. The summed E-state index contributed by atoms with van der Waals surface area (Å²) in [6.45, 7) is 11.5. The zero-order valence-corrected chi connectivity index (χ0v) is 22.0. The van der Waals surface area contributed by atoms with Crippen LogP contribution in [-0.2, 0) is 17.4 Å². The van der Waals surface area contributed by atoms with E-state index >= 15 is 0 Å². The normalized spacial score (nSPS) is 19.3. The van der Waals surface area contributed by atoms with Gasteiger partial charge >= 0.3 is 6.09 Å². The highest BCUT2D eigenvalue weighted by molar-refractivity contribution is 14.0. The predicted octanol–water partition coefficient (Wildman–Crippen LogP) is 2.59. The molecule has 0 bridgehead atoms. The Bertz CT molecular complexity index is 729. The molecule has 2 atom stereocenters. The summed E-state index contributed by atoms with van der Waals surface area (Å²) in [7, 11) is 1.81. The quantitative estimate of drug-likeness (QED) is 0.286. The third-order valence-electron chi connectivity index (χ3n) is 4.98. The molecule has 1 aromatic rings. The summed E-state index contributed by atoms with van der Waals surface area (Å²) in [4.78, 5) is 19.0. The van der Waals surface area contributed by atoms with E-state index in [1.54, 1.807) is 24.0 Å². The first kappa shape index (κ1) is 27.5. The first-order valence-corrected chi connectivity index (χ1v) is 10.7. The Morgan fingerprint density at radius 1 is 1.32 bits per heavy atom. The molecular weight excluding hydrogens is 511 g/mol. The van der Waals surface area contributed by atoms with Crippen LogP contribution in [0.4, 0.5) is 4.79 Å². The molecule has 10 heteroatoms. The topological polar surface area (TPSA) is 104 Å². The molecule has 0 aromatic carbocycles. The monoisotopic (exact) mass is 550 g/mol. The van der Waals surface area contributed by atoms with Gasteiger partial charge in [0.25, 0.3) is 0 Å². The summed E-state index contributed by atoms with van der Waals surface area (Å²) in [6, 6.07) is 0.0382. The summed E-state index contributed by atoms with van der Waals surface area (Å²) in [6.07, 6.45) is 6.15. The van der Waals surface area contributed by atoms with E-state index in [9.17, 15) is 9.90 Å². The molecule has 31 heavy (non-hydrogen) atoms. The van der Waals surface area contributed by atoms with E-state index in [2.05, 4.69) is 20.7 Å². The van der Waals surface area contributed by atoms with E-state index in [4.69, 9.17) is 4.74 Å². The van der Waals surface area contributed by atoms with Crippen LogP contribution in [0.3, 0.4) is 0 Å². The van der Waals surface area contributed by atoms with Crippen molar-refractivity contribution in [3.05, 3.63) is 18.0 Å². The number of carbonyl (C=O) groups excluding carboxylic acids is 1. The highest BCUT2D eigenvalue weighted by Crippen LogP contribution is 2.21. The lowest BCUT2D eigenvalue weighted by Crippen LogP contribution is -2.52. The largest absolute Gasteiger partial charge is 0.444 e. The van der Waals surface area contributed by atoms with E-state index in [0.29, 0.717) is 31.2 Å². The number of rotatable bonds is 6. The van der Waals surface area contributed by atoms with Crippen LogP contribution in [0.15, 0.2) is 17.4 Å². The molecule has 178 valence electrons. The van der Waals surface area contributed by atoms with Crippen molar-refractivity contribution in [2.75, 3.05) is 26.2 Å². The van der Waals surface area contributed by atoms with Crippen molar-refractivity contribution >= 4 is 36.0 Å². The Balaban J connectivity index is 0.00000480. The van der Waals surface area contributed by atoms with Crippen LogP contribution in [-0.4, -0.2) is 69.7 Å². The number of carbonyl (C=O) groups is 1. The SMILES string of the molecule is CCNC(=NCC(C)(O)c1cnn(C)c1)NCC1CCCCN1C(=O)OC(C)(C)C.I. The Kier molecular flexibility index (Phi) is 10.5. The smallest absolute Gasteiger partial charge is 0.410 e. The fourth-order valence-electron chi connectivity index (χ4n) is 3.35. The van der Waals surface area contributed by atoms with Crippen molar-refractivity contribution in [2.45, 2.75) is 71.1 Å². The molecule has 1 aromatic heterocycles. The maximum Gasteiger partial charge on any atom is 0.410 e. The minimum absolute atomic E-state index is 0. The molecule has 1 saturated heterocycles. The molecular formula is C21H39IN6O3. The van der Waals surface area contributed by atoms with E-state index in [0.717, 1.165) is 19.3 Å². The fourth-order valence-corrected chi connectivity index (χ4v) is 3.35. The number of aryl methyl sites for hydroxylation is 1. The minimum Gasteiger partial charge on any atom is -0.444 e. The van der Waals surface area contributed by atoms with Crippen molar-refractivity contribution in [3.8, 4) is 0 Å². The van der Waals surface area contributed by atoms with Gasteiger partial charge in [-0.05, 0) is 53.9 Å². The second kappa shape index (κ2) is 11.9. The van der Waals surface area contributed by atoms with Gasteiger partial charge in [-0.25, -0.2) is 9.79 Å². The number of hydrogen-bond donors (Lipinski definition) is 3. The van der Waals surface area contributed by atoms with Gasteiger partial charge in [0.2, 0.25) is 0 Å². The first-order valence-electron chi connectivity index (χ1n) is 10.7. The molecule has 9 nitrogen and oxygen atoms in total. The Morgan fingerprint density at radius 3 is 2.61 bits per heavy atom. The third kappa shape index (κ3) is 8.83. The summed E-state index contributed by atoms with van der Waals surface area (Å²) in [5, 5.41) is 21.4. The van der Waals surface area contributed by atoms with Crippen LogP contribution in [0.25, 0.3) is 0 Å². The first-order chi connectivity index (χ1) is 14.0. The van der Waals surface area contributed by atoms with Crippen LogP contribution in [0.1, 0.15) is 59.4 Å². The standard InChI is InChI=1S/C21H38N6O3.HI/c1-7-22-18(24-15-21(5,29)16-12-25-26(6)14-16)23-13-17-10-8-9-11-27(17)19(28)30-20(2,3)4;/h12,14,17,29H,7-11,13,15H2,1-6H3,(H2,22,23,24);1H.